The highest BCUT2D eigenvalue weighted by Crippen LogP contribution is 2.20. The molecule has 3 rings (SSSR count). The third-order valence-electron chi connectivity index (χ3n) is 4.37. The van der Waals surface area contributed by atoms with Gasteiger partial charge in [-0.25, -0.2) is 4.68 Å². The number of benzene rings is 1. The molecule has 5 heteroatoms. The second-order valence-corrected chi connectivity index (χ2v) is 6.24. The van der Waals surface area contributed by atoms with Gasteiger partial charge in [0.05, 0.1) is 5.69 Å². The molecule has 2 aromatic rings. The number of nitrogens with zero attached hydrogens (tertiary/aromatic N) is 2. The lowest BCUT2D eigenvalue weighted by Crippen LogP contribution is -2.34. The largest absolute Gasteiger partial charge is 0.324 e. The summed E-state index contributed by atoms with van der Waals surface area (Å²) in [5, 5.41) is 7.29. The number of anilines is 1. The van der Waals surface area contributed by atoms with Crippen molar-refractivity contribution in [2.24, 2.45) is 0 Å². The summed E-state index contributed by atoms with van der Waals surface area (Å²) < 4.78 is 1.29. The van der Waals surface area contributed by atoms with Gasteiger partial charge in [-0.2, -0.15) is 5.10 Å². The average Bonchev–Trinajstić information content (AvgIpc) is 2.95. The first-order valence-corrected chi connectivity index (χ1v) is 7.95. The van der Waals surface area contributed by atoms with Gasteiger partial charge in [0.2, 0.25) is 5.91 Å². The molecule has 1 aliphatic carbocycles. The molecule has 120 valence electrons. The van der Waals surface area contributed by atoms with Crippen LogP contribution in [-0.4, -0.2) is 15.7 Å². The van der Waals surface area contributed by atoms with Gasteiger partial charge >= 0.3 is 0 Å². The van der Waals surface area contributed by atoms with Crippen molar-refractivity contribution in [2.45, 2.75) is 46.1 Å². The van der Waals surface area contributed by atoms with Crippen molar-refractivity contribution in [3.63, 3.8) is 0 Å². The van der Waals surface area contributed by atoms with Gasteiger partial charge in [-0.15, -0.1) is 0 Å². The number of aromatic nitrogens is 2. The average molecular weight is 311 g/mol. The maximum atomic E-state index is 12.5. The molecule has 0 saturated carbocycles. The third-order valence-corrected chi connectivity index (χ3v) is 4.37. The Morgan fingerprint density at radius 2 is 2.04 bits per heavy atom. The van der Waals surface area contributed by atoms with Crippen LogP contribution in [0.2, 0.25) is 0 Å². The molecule has 1 amide bonds. The fraction of sp³-hybridized carbons (Fsp3) is 0.389. The lowest BCUT2D eigenvalue weighted by Gasteiger charge is -2.16. The van der Waals surface area contributed by atoms with Crippen LogP contribution >= 0.6 is 0 Å². The summed E-state index contributed by atoms with van der Waals surface area (Å²) in [7, 11) is 0. The zero-order chi connectivity index (χ0) is 16.6. The molecule has 1 aromatic carbocycles. The number of nitrogens with one attached hydrogen (secondary N) is 1. The Kier molecular flexibility index (Phi) is 4.03. The van der Waals surface area contributed by atoms with Gasteiger partial charge in [-0.3, -0.25) is 9.59 Å². The molecule has 1 N–H and O–H groups in total. The Balaban J connectivity index is 1.84. The Morgan fingerprint density at radius 3 is 2.78 bits per heavy atom. The molecule has 23 heavy (non-hydrogen) atoms. The van der Waals surface area contributed by atoms with Gasteiger partial charge < -0.3 is 5.32 Å². The Hall–Kier alpha value is -2.43. The first-order valence-electron chi connectivity index (χ1n) is 7.95. The van der Waals surface area contributed by atoms with E-state index >= 15 is 0 Å². The molecule has 1 atom stereocenters. The Morgan fingerprint density at radius 1 is 1.26 bits per heavy atom. The van der Waals surface area contributed by atoms with E-state index < -0.39 is 6.04 Å². The van der Waals surface area contributed by atoms with Crippen molar-refractivity contribution in [1.82, 2.24) is 9.78 Å². The molecular formula is C18H21N3O2. The molecule has 1 unspecified atom stereocenters. The molecule has 0 saturated heterocycles. The summed E-state index contributed by atoms with van der Waals surface area (Å²) in [5.74, 6) is -0.232. The number of aryl methyl sites for hydroxylation is 4. The van der Waals surface area contributed by atoms with Crippen molar-refractivity contribution in [3.8, 4) is 0 Å². The molecule has 5 nitrogen and oxygen atoms in total. The molecule has 0 radical (unpaired) electrons. The molecular weight excluding hydrogens is 290 g/mol. The summed E-state index contributed by atoms with van der Waals surface area (Å²) in [4.78, 5) is 24.7. The number of amides is 1. The van der Waals surface area contributed by atoms with Crippen LogP contribution in [-0.2, 0) is 17.6 Å². The summed E-state index contributed by atoms with van der Waals surface area (Å²) in [6.07, 6.45) is 2.80. The zero-order valence-electron chi connectivity index (χ0n) is 13.7. The highest BCUT2D eigenvalue weighted by atomic mass is 16.2. The van der Waals surface area contributed by atoms with Crippen LogP contribution < -0.4 is 10.9 Å². The molecule has 1 aliphatic rings. The minimum absolute atomic E-state index is 0.214. The minimum Gasteiger partial charge on any atom is -0.324 e. The number of hydrogen-bond donors (Lipinski definition) is 1. The smallest absolute Gasteiger partial charge is 0.267 e. The van der Waals surface area contributed by atoms with Gasteiger partial charge in [-0.1, -0.05) is 17.7 Å². The predicted molar refractivity (Wildman–Crippen MR) is 89.8 cm³/mol. The van der Waals surface area contributed by atoms with Crippen molar-refractivity contribution in [1.29, 1.82) is 0 Å². The minimum atomic E-state index is -0.644. The van der Waals surface area contributed by atoms with Crippen LogP contribution in [0.25, 0.3) is 0 Å². The fourth-order valence-corrected chi connectivity index (χ4v) is 2.99. The van der Waals surface area contributed by atoms with E-state index in [9.17, 15) is 9.59 Å². The van der Waals surface area contributed by atoms with Crippen LogP contribution in [0.3, 0.4) is 0 Å². The van der Waals surface area contributed by atoms with E-state index in [-0.39, 0.29) is 11.5 Å². The summed E-state index contributed by atoms with van der Waals surface area (Å²) in [5.41, 5.74) is 4.66. The monoisotopic (exact) mass is 311 g/mol. The van der Waals surface area contributed by atoms with Gasteiger partial charge in [0.15, 0.2) is 0 Å². The van der Waals surface area contributed by atoms with E-state index in [0.29, 0.717) is 0 Å². The number of fused-ring (bicyclic) bond motifs is 1. The maximum Gasteiger partial charge on any atom is 0.267 e. The number of rotatable bonds is 3. The fourth-order valence-electron chi connectivity index (χ4n) is 2.99. The standard InChI is InChI=1S/C18H21N3O2/c1-11-7-8-15(12(2)9-11)19-18(23)13(3)21-17(22)10-14-5-4-6-16(14)20-21/h7-10,13H,4-6H2,1-3H3,(H,19,23). The SMILES string of the molecule is Cc1ccc(NC(=O)C(C)n2nc3c(cc2=O)CCC3)c(C)c1. The second-order valence-electron chi connectivity index (χ2n) is 6.24. The van der Waals surface area contributed by atoms with Gasteiger partial charge in [0, 0.05) is 11.8 Å². The molecule has 0 fully saturated rings. The second kappa shape index (κ2) is 5.99. The van der Waals surface area contributed by atoms with Gasteiger partial charge in [0.1, 0.15) is 6.04 Å². The van der Waals surface area contributed by atoms with E-state index in [0.717, 1.165) is 47.3 Å². The lowest BCUT2D eigenvalue weighted by molar-refractivity contribution is -0.119. The van der Waals surface area contributed by atoms with E-state index in [4.69, 9.17) is 0 Å². The lowest BCUT2D eigenvalue weighted by atomic mass is 10.1. The van der Waals surface area contributed by atoms with Crippen molar-refractivity contribution in [2.75, 3.05) is 5.32 Å². The Labute approximate surface area is 135 Å². The van der Waals surface area contributed by atoms with Crippen LogP contribution in [0.5, 0.6) is 0 Å². The highest BCUT2D eigenvalue weighted by molar-refractivity contribution is 5.94. The van der Waals surface area contributed by atoms with E-state index in [1.54, 1.807) is 13.0 Å². The van der Waals surface area contributed by atoms with Gasteiger partial charge in [-0.05, 0) is 57.2 Å². The number of hydrogen-bond acceptors (Lipinski definition) is 3. The van der Waals surface area contributed by atoms with Crippen LogP contribution in [0.15, 0.2) is 29.1 Å². The van der Waals surface area contributed by atoms with Crippen LogP contribution in [0, 0.1) is 13.8 Å². The zero-order valence-corrected chi connectivity index (χ0v) is 13.7. The molecule has 1 aromatic heterocycles. The molecule has 0 spiro atoms. The first kappa shape index (κ1) is 15.5. The van der Waals surface area contributed by atoms with E-state index in [2.05, 4.69) is 10.4 Å². The topological polar surface area (TPSA) is 64.0 Å². The summed E-state index contributed by atoms with van der Waals surface area (Å²) in [6, 6.07) is 6.83. The van der Waals surface area contributed by atoms with Gasteiger partial charge in [0.25, 0.3) is 5.56 Å². The van der Waals surface area contributed by atoms with Crippen molar-refractivity contribution >= 4 is 11.6 Å². The third kappa shape index (κ3) is 3.04. The van der Waals surface area contributed by atoms with Crippen LogP contribution in [0.1, 0.15) is 41.8 Å². The van der Waals surface area contributed by atoms with E-state index in [1.165, 1.54) is 4.68 Å². The number of carbonyl (C=O) groups is 1. The maximum absolute atomic E-state index is 12.5. The summed E-state index contributed by atoms with van der Waals surface area (Å²) in [6.45, 7) is 5.66. The first-order chi connectivity index (χ1) is 11.0. The predicted octanol–water partition coefficient (Wildman–Crippen LogP) is 2.55. The normalized spacial score (nSPS) is 14.4. The van der Waals surface area contributed by atoms with Crippen LogP contribution in [0.4, 0.5) is 5.69 Å². The molecule has 1 heterocycles. The summed E-state index contributed by atoms with van der Waals surface area (Å²) >= 11 is 0. The van der Waals surface area contributed by atoms with E-state index in [1.807, 2.05) is 32.0 Å². The van der Waals surface area contributed by atoms with Crippen molar-refractivity contribution in [3.05, 3.63) is 57.0 Å². The van der Waals surface area contributed by atoms with Crippen molar-refractivity contribution < 1.29 is 4.79 Å². The highest BCUT2D eigenvalue weighted by Gasteiger charge is 2.21. The Bertz CT molecular complexity index is 824. The quantitative estimate of drug-likeness (QED) is 0.947. The molecule has 0 bridgehead atoms. The molecule has 0 aliphatic heterocycles. The number of carbonyl (C=O) groups excluding carboxylic acids is 1.